The quantitative estimate of drug-likeness (QED) is 0.810. The minimum Gasteiger partial charge on any atom is -0.493 e. The molecule has 1 amide bonds. The van der Waals surface area contributed by atoms with E-state index in [-0.39, 0.29) is 11.9 Å². The van der Waals surface area contributed by atoms with E-state index in [1.165, 1.54) is 25.7 Å². The van der Waals surface area contributed by atoms with Crippen LogP contribution in [0.4, 0.5) is 0 Å². The van der Waals surface area contributed by atoms with Crippen molar-refractivity contribution in [3.05, 3.63) is 29.8 Å². The van der Waals surface area contributed by atoms with Crippen LogP contribution in [0.5, 0.6) is 5.75 Å². The van der Waals surface area contributed by atoms with Gasteiger partial charge in [0.25, 0.3) is 0 Å². The Morgan fingerprint density at radius 1 is 1.43 bits per heavy atom. The number of nitrogens with one attached hydrogen (secondary N) is 1. The second-order valence-corrected chi connectivity index (χ2v) is 5.87. The predicted molar refractivity (Wildman–Crippen MR) is 84.2 cm³/mol. The molecule has 116 valence electrons. The van der Waals surface area contributed by atoms with Crippen LogP contribution < -0.4 is 15.8 Å². The maximum atomic E-state index is 12.0. The highest BCUT2D eigenvalue weighted by atomic mass is 16.5. The summed E-state index contributed by atoms with van der Waals surface area (Å²) in [5.74, 6) is 1.40. The number of rotatable bonds is 7. The SMILES string of the molecule is Cc1cccc(OCCC(=O)NC(CN)C2CCCC2)c1. The van der Waals surface area contributed by atoms with Gasteiger partial charge in [-0.15, -0.1) is 0 Å². The molecule has 4 nitrogen and oxygen atoms in total. The van der Waals surface area contributed by atoms with Crippen molar-refractivity contribution in [1.82, 2.24) is 5.32 Å². The molecule has 0 aromatic heterocycles. The van der Waals surface area contributed by atoms with E-state index in [2.05, 4.69) is 5.32 Å². The number of carbonyl (C=O) groups is 1. The molecule has 1 fully saturated rings. The monoisotopic (exact) mass is 290 g/mol. The molecule has 1 aromatic rings. The maximum Gasteiger partial charge on any atom is 0.223 e. The first-order chi connectivity index (χ1) is 10.2. The van der Waals surface area contributed by atoms with Crippen LogP contribution in [0.15, 0.2) is 24.3 Å². The molecular weight excluding hydrogens is 264 g/mol. The van der Waals surface area contributed by atoms with Crippen LogP contribution in [-0.2, 0) is 4.79 Å². The van der Waals surface area contributed by atoms with E-state index in [9.17, 15) is 4.79 Å². The molecule has 0 saturated heterocycles. The topological polar surface area (TPSA) is 64.3 Å². The van der Waals surface area contributed by atoms with E-state index in [1.54, 1.807) is 0 Å². The zero-order valence-electron chi connectivity index (χ0n) is 12.8. The van der Waals surface area contributed by atoms with Gasteiger partial charge in [-0.1, -0.05) is 25.0 Å². The van der Waals surface area contributed by atoms with Gasteiger partial charge in [0, 0.05) is 12.6 Å². The van der Waals surface area contributed by atoms with E-state index < -0.39 is 0 Å². The van der Waals surface area contributed by atoms with Gasteiger partial charge >= 0.3 is 0 Å². The lowest BCUT2D eigenvalue weighted by Gasteiger charge is -2.23. The summed E-state index contributed by atoms with van der Waals surface area (Å²) in [7, 11) is 0. The molecule has 0 radical (unpaired) electrons. The van der Waals surface area contributed by atoms with E-state index in [4.69, 9.17) is 10.5 Å². The van der Waals surface area contributed by atoms with Gasteiger partial charge in [-0.05, 0) is 43.4 Å². The number of hydrogen-bond acceptors (Lipinski definition) is 3. The number of nitrogens with two attached hydrogens (primary N) is 1. The molecule has 1 aromatic carbocycles. The van der Waals surface area contributed by atoms with Gasteiger partial charge in [0.15, 0.2) is 0 Å². The zero-order chi connectivity index (χ0) is 15.1. The Labute approximate surface area is 127 Å². The Morgan fingerprint density at radius 2 is 2.19 bits per heavy atom. The lowest BCUT2D eigenvalue weighted by atomic mass is 9.98. The zero-order valence-corrected chi connectivity index (χ0v) is 12.8. The molecule has 1 saturated carbocycles. The molecule has 0 bridgehead atoms. The number of hydrogen-bond donors (Lipinski definition) is 2. The number of carbonyl (C=O) groups excluding carboxylic acids is 1. The summed E-state index contributed by atoms with van der Waals surface area (Å²) in [6, 6.07) is 7.98. The molecular formula is C17H26N2O2. The third-order valence-corrected chi connectivity index (χ3v) is 4.16. The molecule has 3 N–H and O–H groups in total. The van der Waals surface area contributed by atoms with Crippen molar-refractivity contribution in [1.29, 1.82) is 0 Å². The van der Waals surface area contributed by atoms with E-state index >= 15 is 0 Å². The third-order valence-electron chi connectivity index (χ3n) is 4.16. The van der Waals surface area contributed by atoms with Gasteiger partial charge in [-0.25, -0.2) is 0 Å². The van der Waals surface area contributed by atoms with Gasteiger partial charge in [-0.2, -0.15) is 0 Å². The summed E-state index contributed by atoms with van der Waals surface area (Å²) in [5, 5.41) is 3.06. The van der Waals surface area contributed by atoms with E-state index in [0.717, 1.165) is 11.3 Å². The van der Waals surface area contributed by atoms with Gasteiger partial charge in [0.05, 0.1) is 13.0 Å². The van der Waals surface area contributed by atoms with Crippen LogP contribution in [0.3, 0.4) is 0 Å². The summed E-state index contributed by atoms with van der Waals surface area (Å²) >= 11 is 0. The Hall–Kier alpha value is -1.55. The van der Waals surface area contributed by atoms with Crippen LogP contribution >= 0.6 is 0 Å². The lowest BCUT2D eigenvalue weighted by Crippen LogP contribution is -2.44. The van der Waals surface area contributed by atoms with Crippen LogP contribution in [0, 0.1) is 12.8 Å². The second-order valence-electron chi connectivity index (χ2n) is 5.87. The second kappa shape index (κ2) is 8.03. The summed E-state index contributed by atoms with van der Waals surface area (Å²) < 4.78 is 5.61. The van der Waals surface area contributed by atoms with Gasteiger partial charge in [-0.3, -0.25) is 4.79 Å². The standard InChI is InChI=1S/C17H26N2O2/c1-13-5-4-8-15(11-13)21-10-9-17(20)19-16(12-18)14-6-2-3-7-14/h4-5,8,11,14,16H,2-3,6-7,9-10,12,18H2,1H3,(H,19,20). The maximum absolute atomic E-state index is 12.0. The number of amides is 1. The molecule has 0 aliphatic heterocycles. The summed E-state index contributed by atoms with van der Waals surface area (Å²) in [6.07, 6.45) is 5.25. The molecule has 1 unspecified atom stereocenters. The molecule has 1 aliphatic rings. The molecule has 2 rings (SSSR count). The van der Waals surface area contributed by atoms with Crippen molar-refractivity contribution < 1.29 is 9.53 Å². The normalized spacial score (nSPS) is 16.7. The van der Waals surface area contributed by atoms with Crippen LogP contribution in [0.25, 0.3) is 0 Å². The Bertz CT molecular complexity index is 456. The first kappa shape index (κ1) is 15.8. The van der Waals surface area contributed by atoms with E-state index in [0.29, 0.717) is 25.5 Å². The van der Waals surface area contributed by atoms with E-state index in [1.807, 2.05) is 31.2 Å². The largest absolute Gasteiger partial charge is 0.493 e. The average molecular weight is 290 g/mol. The first-order valence-electron chi connectivity index (χ1n) is 7.88. The Kier molecular flexibility index (Phi) is 6.05. The molecule has 4 heteroatoms. The lowest BCUT2D eigenvalue weighted by molar-refractivity contribution is -0.122. The van der Waals surface area contributed by atoms with Crippen LogP contribution in [0.1, 0.15) is 37.7 Å². The highest BCUT2D eigenvalue weighted by molar-refractivity contribution is 5.76. The highest BCUT2D eigenvalue weighted by Gasteiger charge is 2.25. The number of ether oxygens (including phenoxy) is 1. The van der Waals surface area contributed by atoms with Gasteiger partial charge in [0.1, 0.15) is 5.75 Å². The molecule has 21 heavy (non-hydrogen) atoms. The van der Waals surface area contributed by atoms with Crippen molar-refractivity contribution in [3.63, 3.8) is 0 Å². The fourth-order valence-corrected chi connectivity index (χ4v) is 2.97. The molecule has 0 spiro atoms. The van der Waals surface area contributed by atoms with Crippen molar-refractivity contribution in [2.24, 2.45) is 11.7 Å². The number of benzene rings is 1. The smallest absolute Gasteiger partial charge is 0.223 e. The Balaban J connectivity index is 1.71. The summed E-state index contributed by atoms with van der Waals surface area (Å²) in [5.41, 5.74) is 6.95. The fraction of sp³-hybridized carbons (Fsp3) is 0.588. The van der Waals surface area contributed by atoms with Crippen LogP contribution in [-0.4, -0.2) is 25.1 Å². The Morgan fingerprint density at radius 3 is 2.86 bits per heavy atom. The summed E-state index contributed by atoms with van der Waals surface area (Å²) in [4.78, 5) is 12.0. The summed E-state index contributed by atoms with van der Waals surface area (Å²) in [6.45, 7) is 2.94. The molecule has 1 aliphatic carbocycles. The average Bonchev–Trinajstić information content (AvgIpc) is 2.99. The van der Waals surface area contributed by atoms with Gasteiger partial charge in [0.2, 0.25) is 5.91 Å². The minimum atomic E-state index is 0.0324. The van der Waals surface area contributed by atoms with Crippen LogP contribution in [0.2, 0.25) is 0 Å². The fourth-order valence-electron chi connectivity index (χ4n) is 2.97. The van der Waals surface area contributed by atoms with Gasteiger partial charge < -0.3 is 15.8 Å². The first-order valence-corrected chi connectivity index (χ1v) is 7.88. The number of aryl methyl sites for hydroxylation is 1. The minimum absolute atomic E-state index is 0.0324. The highest BCUT2D eigenvalue weighted by Crippen LogP contribution is 2.27. The molecule has 0 heterocycles. The van der Waals surface area contributed by atoms with Crippen molar-refractivity contribution in [2.45, 2.75) is 45.1 Å². The van der Waals surface area contributed by atoms with Crippen molar-refractivity contribution in [2.75, 3.05) is 13.2 Å². The van der Waals surface area contributed by atoms with Crippen molar-refractivity contribution >= 4 is 5.91 Å². The third kappa shape index (κ3) is 5.05. The molecule has 1 atom stereocenters. The van der Waals surface area contributed by atoms with Crippen molar-refractivity contribution in [3.8, 4) is 5.75 Å². The predicted octanol–water partition coefficient (Wildman–Crippen LogP) is 2.40.